The molecule has 2 aromatic heterocycles. The highest BCUT2D eigenvalue weighted by molar-refractivity contribution is 7.91. The Kier molecular flexibility index (Phi) is 8.65. The number of nitrogens with one attached hydrogen (secondary N) is 3. The van der Waals surface area contributed by atoms with Crippen molar-refractivity contribution in [2.24, 2.45) is 0 Å². The van der Waals surface area contributed by atoms with Gasteiger partial charge in [-0.05, 0) is 31.2 Å². The Bertz CT molecular complexity index is 1810. The summed E-state index contributed by atoms with van der Waals surface area (Å²) in [5.41, 5.74) is -2.87. The lowest BCUT2D eigenvalue weighted by Gasteiger charge is -2.33. The first-order valence-corrected chi connectivity index (χ1v) is 14.7. The summed E-state index contributed by atoms with van der Waals surface area (Å²) in [4.78, 5) is 12.5. The number of nitrogens with zero attached hydrogens (tertiary/aromatic N) is 3. The van der Waals surface area contributed by atoms with Gasteiger partial charge in [0.15, 0.2) is 17.4 Å². The van der Waals surface area contributed by atoms with Gasteiger partial charge in [-0.15, -0.1) is 0 Å². The quantitative estimate of drug-likeness (QED) is 0.163. The molecule has 0 amide bonds. The second-order valence-corrected chi connectivity index (χ2v) is 12.0. The van der Waals surface area contributed by atoms with E-state index in [1.54, 1.807) is 4.72 Å². The van der Waals surface area contributed by atoms with Crippen LogP contribution in [-0.2, 0) is 15.8 Å². The second-order valence-electron chi connectivity index (χ2n) is 10.3. The van der Waals surface area contributed by atoms with E-state index >= 15 is 4.39 Å². The fourth-order valence-electron chi connectivity index (χ4n) is 4.58. The molecule has 44 heavy (non-hydrogen) atoms. The number of rotatable bonds is 9. The summed E-state index contributed by atoms with van der Waals surface area (Å²) >= 11 is 0. The van der Waals surface area contributed by atoms with Crippen LogP contribution in [0.15, 0.2) is 54.9 Å². The standard InChI is InChI=1S/C28H24F6N6O3S/c1-28(34)11-17(12-35-14-28)38-27-37-8-6-21(39-27)18-3-2-7-36-26(18)43-22-10-20(31)25(24(33)23(22)32)40-44(41,42)13-15-4-5-16(29)9-19(15)30/h2-10,17,35,40H,11-14H2,1H3,(H,37,38,39)/t17-,28-/m0/s1. The molecule has 0 aliphatic carbocycles. The molecule has 2 atom stereocenters. The molecule has 3 heterocycles. The molecule has 0 radical (unpaired) electrons. The normalized spacial score (nSPS) is 18.6. The molecule has 16 heteroatoms. The number of sulfonamides is 1. The first-order valence-electron chi connectivity index (χ1n) is 13.0. The first kappa shape index (κ1) is 31.0. The van der Waals surface area contributed by atoms with Gasteiger partial charge in [0.05, 0.1) is 17.0 Å². The average Bonchev–Trinajstić information content (AvgIpc) is 2.95. The van der Waals surface area contributed by atoms with Crippen LogP contribution in [0.5, 0.6) is 11.6 Å². The molecule has 1 fully saturated rings. The molecular formula is C28H24F6N6O3S. The van der Waals surface area contributed by atoms with Crippen LogP contribution in [-0.4, -0.2) is 48.2 Å². The van der Waals surface area contributed by atoms with Crippen molar-refractivity contribution in [3.05, 3.63) is 89.5 Å². The predicted octanol–water partition coefficient (Wildman–Crippen LogP) is 5.47. The summed E-state index contributed by atoms with van der Waals surface area (Å²) in [7, 11) is -4.68. The van der Waals surface area contributed by atoms with Gasteiger partial charge < -0.3 is 15.4 Å². The molecule has 0 bridgehead atoms. The van der Waals surface area contributed by atoms with E-state index in [1.165, 1.54) is 37.5 Å². The SMILES string of the molecule is C[C@@]1(F)CNC[C@@H](Nc2nccc(-c3cccnc3Oc3cc(F)c(NS(=O)(=O)Cc4ccc(F)cc4F)c(F)c3F)n2)C1. The van der Waals surface area contributed by atoms with Crippen LogP contribution < -0.4 is 20.1 Å². The van der Waals surface area contributed by atoms with Crippen molar-refractivity contribution in [1.82, 2.24) is 20.3 Å². The van der Waals surface area contributed by atoms with Crippen LogP contribution in [0.1, 0.15) is 18.9 Å². The third-order valence-electron chi connectivity index (χ3n) is 6.54. The van der Waals surface area contributed by atoms with Gasteiger partial charge in [-0.2, -0.15) is 4.39 Å². The third-order valence-corrected chi connectivity index (χ3v) is 7.75. The Balaban J connectivity index is 1.37. The summed E-state index contributed by atoms with van der Waals surface area (Å²) in [6, 6.07) is 6.68. The van der Waals surface area contributed by atoms with Crippen LogP contribution in [0.25, 0.3) is 11.3 Å². The van der Waals surface area contributed by atoms with Crippen LogP contribution in [0.2, 0.25) is 0 Å². The fourth-order valence-corrected chi connectivity index (χ4v) is 5.79. The summed E-state index contributed by atoms with van der Waals surface area (Å²) in [6.07, 6.45) is 2.89. The largest absolute Gasteiger partial charge is 0.435 e. The molecular weight excluding hydrogens is 614 g/mol. The molecule has 1 aliphatic heterocycles. The van der Waals surface area contributed by atoms with Crippen molar-refractivity contribution in [3.63, 3.8) is 0 Å². The van der Waals surface area contributed by atoms with E-state index in [9.17, 15) is 30.4 Å². The molecule has 2 aromatic carbocycles. The topological polar surface area (TPSA) is 118 Å². The molecule has 0 spiro atoms. The van der Waals surface area contributed by atoms with Crippen molar-refractivity contribution in [3.8, 4) is 22.9 Å². The van der Waals surface area contributed by atoms with Gasteiger partial charge >= 0.3 is 0 Å². The maximum absolute atomic E-state index is 15.1. The fraction of sp³-hybridized carbons (Fsp3) is 0.250. The number of benzene rings is 2. The highest BCUT2D eigenvalue weighted by atomic mass is 32.2. The second kappa shape index (κ2) is 12.3. The van der Waals surface area contributed by atoms with Crippen molar-refractivity contribution < 1.29 is 39.5 Å². The Morgan fingerprint density at radius 1 is 1.02 bits per heavy atom. The number of alkyl halides is 1. The molecule has 0 saturated carbocycles. The van der Waals surface area contributed by atoms with E-state index in [0.717, 1.165) is 12.1 Å². The van der Waals surface area contributed by atoms with Crippen LogP contribution >= 0.6 is 0 Å². The lowest BCUT2D eigenvalue weighted by atomic mass is 9.95. The van der Waals surface area contributed by atoms with Gasteiger partial charge in [-0.3, -0.25) is 4.72 Å². The third kappa shape index (κ3) is 7.19. The number of aromatic nitrogens is 3. The van der Waals surface area contributed by atoms with E-state index in [1.807, 2.05) is 0 Å². The molecule has 5 rings (SSSR count). The smallest absolute Gasteiger partial charge is 0.237 e. The number of hydrogen-bond donors (Lipinski definition) is 3. The maximum atomic E-state index is 15.1. The summed E-state index contributed by atoms with van der Waals surface area (Å²) in [5, 5.41) is 6.04. The zero-order valence-corrected chi connectivity index (χ0v) is 23.7. The Labute approximate surface area is 247 Å². The predicted molar refractivity (Wildman–Crippen MR) is 149 cm³/mol. The molecule has 232 valence electrons. The van der Waals surface area contributed by atoms with Gasteiger partial charge in [0.1, 0.15) is 23.0 Å². The van der Waals surface area contributed by atoms with Gasteiger partial charge in [0.25, 0.3) is 0 Å². The van der Waals surface area contributed by atoms with Crippen LogP contribution in [0.4, 0.5) is 38.0 Å². The molecule has 1 aliphatic rings. The zero-order valence-electron chi connectivity index (χ0n) is 22.8. The number of hydrogen-bond acceptors (Lipinski definition) is 8. The van der Waals surface area contributed by atoms with Crippen LogP contribution in [0.3, 0.4) is 0 Å². The number of anilines is 2. The molecule has 1 saturated heterocycles. The van der Waals surface area contributed by atoms with Crippen molar-refractivity contribution in [2.45, 2.75) is 30.8 Å². The Morgan fingerprint density at radius 2 is 1.82 bits per heavy atom. The van der Waals surface area contributed by atoms with Gasteiger partial charge in [0.2, 0.25) is 27.7 Å². The zero-order chi connectivity index (χ0) is 31.6. The first-order chi connectivity index (χ1) is 20.8. The molecule has 9 nitrogen and oxygen atoms in total. The van der Waals surface area contributed by atoms with Crippen molar-refractivity contribution >= 4 is 21.7 Å². The Hall–Kier alpha value is -4.44. The number of halogens is 6. The summed E-state index contributed by atoms with van der Waals surface area (Å²) in [5.74, 6) is -9.61. The van der Waals surface area contributed by atoms with Gasteiger partial charge in [-0.25, -0.2) is 45.3 Å². The number of piperidine rings is 1. The highest BCUT2D eigenvalue weighted by Crippen LogP contribution is 2.36. The van der Waals surface area contributed by atoms with Crippen molar-refractivity contribution in [2.75, 3.05) is 23.1 Å². The van der Waals surface area contributed by atoms with E-state index in [2.05, 4.69) is 25.6 Å². The summed E-state index contributed by atoms with van der Waals surface area (Å²) in [6.45, 7) is 2.16. The van der Waals surface area contributed by atoms with E-state index < -0.39 is 67.5 Å². The van der Waals surface area contributed by atoms with Crippen LogP contribution in [0, 0.1) is 29.1 Å². The van der Waals surface area contributed by atoms with Gasteiger partial charge in [0, 0.05) is 55.6 Å². The van der Waals surface area contributed by atoms with E-state index in [0.29, 0.717) is 18.7 Å². The minimum atomic E-state index is -4.68. The number of ether oxygens (including phenoxy) is 1. The van der Waals surface area contributed by atoms with E-state index in [4.69, 9.17) is 4.74 Å². The Morgan fingerprint density at radius 3 is 2.57 bits per heavy atom. The average molecular weight is 639 g/mol. The van der Waals surface area contributed by atoms with Crippen molar-refractivity contribution in [1.29, 1.82) is 0 Å². The minimum Gasteiger partial charge on any atom is -0.435 e. The number of pyridine rings is 1. The molecule has 0 unspecified atom stereocenters. The lowest BCUT2D eigenvalue weighted by Crippen LogP contribution is -2.50. The summed E-state index contributed by atoms with van der Waals surface area (Å²) < 4.78 is 118. The maximum Gasteiger partial charge on any atom is 0.237 e. The minimum absolute atomic E-state index is 0.155. The molecule has 4 aromatic rings. The monoisotopic (exact) mass is 638 g/mol. The molecule has 3 N–H and O–H groups in total. The lowest BCUT2D eigenvalue weighted by molar-refractivity contribution is 0.137. The van der Waals surface area contributed by atoms with E-state index in [-0.39, 0.29) is 42.1 Å². The highest BCUT2D eigenvalue weighted by Gasteiger charge is 2.32. The van der Waals surface area contributed by atoms with Gasteiger partial charge in [-0.1, -0.05) is 6.07 Å².